The van der Waals surface area contributed by atoms with Crippen molar-refractivity contribution in [3.8, 4) is 0 Å². The summed E-state index contributed by atoms with van der Waals surface area (Å²) in [6.07, 6.45) is -0.432. The number of ether oxygens (including phenoxy) is 1. The molecule has 3 nitrogen and oxygen atoms in total. The molecular weight excluding hydrogens is 460 g/mol. The summed E-state index contributed by atoms with van der Waals surface area (Å²) >= 11 is 0. The van der Waals surface area contributed by atoms with Gasteiger partial charge in [-0.05, 0) is 55.9 Å². The van der Waals surface area contributed by atoms with Crippen LogP contribution in [0, 0.1) is 5.92 Å². The smallest absolute Gasteiger partial charge is 0.377 e. The van der Waals surface area contributed by atoms with Crippen molar-refractivity contribution < 1.29 is 35.9 Å². The third kappa shape index (κ3) is 12.8. The third-order valence-corrected chi connectivity index (χ3v) is 4.84. The first-order chi connectivity index (χ1) is 15.8. The largest absolute Gasteiger partial charge is 0.416 e. The fourth-order valence-corrected chi connectivity index (χ4v) is 3.00. The van der Waals surface area contributed by atoms with Gasteiger partial charge >= 0.3 is 12.4 Å². The van der Waals surface area contributed by atoms with Crippen LogP contribution in [-0.4, -0.2) is 19.1 Å². The number of nitrogens with one attached hydrogen (secondary N) is 1. The van der Waals surface area contributed by atoms with Crippen LogP contribution in [0.5, 0.6) is 0 Å². The highest BCUT2D eigenvalue weighted by Crippen LogP contribution is 2.36. The fraction of sp³-hybridized carbons (Fsp3) is 0.560. The summed E-state index contributed by atoms with van der Waals surface area (Å²) in [7, 11) is 0. The molecule has 0 heterocycles. The zero-order chi connectivity index (χ0) is 25.8. The van der Waals surface area contributed by atoms with Crippen molar-refractivity contribution in [1.29, 1.82) is 0 Å². The second-order valence-electron chi connectivity index (χ2n) is 8.64. The van der Waals surface area contributed by atoms with Gasteiger partial charge in [0.25, 0.3) is 0 Å². The van der Waals surface area contributed by atoms with Gasteiger partial charge in [-0.25, -0.2) is 0 Å². The molecule has 1 aromatic carbocycles. The van der Waals surface area contributed by atoms with E-state index in [1.807, 2.05) is 26.8 Å². The van der Waals surface area contributed by atoms with Crippen LogP contribution in [0.25, 0.3) is 0 Å². The number of carbonyl (C=O) groups is 1. The molecular formula is C25H33F6NO2. The molecule has 0 saturated carbocycles. The topological polar surface area (TPSA) is 38.3 Å². The Balaban J connectivity index is 2.31. The van der Waals surface area contributed by atoms with Gasteiger partial charge in [-0.2, -0.15) is 26.3 Å². The molecule has 1 rings (SSSR count). The molecule has 9 heteroatoms. The molecule has 0 saturated heterocycles. The van der Waals surface area contributed by atoms with Gasteiger partial charge in [0.1, 0.15) is 0 Å². The number of rotatable bonds is 13. The molecule has 0 spiro atoms. The van der Waals surface area contributed by atoms with Gasteiger partial charge in [0.15, 0.2) is 0 Å². The van der Waals surface area contributed by atoms with Crippen LogP contribution in [0.2, 0.25) is 0 Å². The first-order valence-corrected chi connectivity index (χ1v) is 11.3. The molecule has 0 bridgehead atoms. The number of hydrogen-bond acceptors (Lipinski definition) is 2. The minimum absolute atomic E-state index is 0.108. The van der Waals surface area contributed by atoms with Crippen molar-refractivity contribution in [1.82, 2.24) is 5.32 Å². The molecule has 34 heavy (non-hydrogen) atoms. The first-order valence-electron chi connectivity index (χ1n) is 11.3. The highest BCUT2D eigenvalue weighted by molar-refractivity contribution is 5.87. The van der Waals surface area contributed by atoms with E-state index in [1.54, 1.807) is 6.08 Å². The van der Waals surface area contributed by atoms with Crippen LogP contribution in [0.3, 0.4) is 0 Å². The number of amides is 1. The Bertz CT molecular complexity index is 793. The summed E-state index contributed by atoms with van der Waals surface area (Å²) < 4.78 is 82.6. The normalized spacial score (nSPS) is 13.2. The van der Waals surface area contributed by atoms with Crippen LogP contribution in [0.1, 0.15) is 69.6 Å². The molecule has 192 valence electrons. The SMILES string of the molecule is CC(=CC=CC(=O)NCC(C)C)CCCCCCOCc1cc(C(F)(F)F)cc(C(F)(F)F)c1. The summed E-state index contributed by atoms with van der Waals surface area (Å²) in [5.74, 6) is 0.264. The zero-order valence-corrected chi connectivity index (χ0v) is 19.8. The fourth-order valence-electron chi connectivity index (χ4n) is 3.00. The maximum absolute atomic E-state index is 12.9. The van der Waals surface area contributed by atoms with Crippen LogP contribution in [-0.2, 0) is 28.5 Å². The lowest BCUT2D eigenvalue weighted by molar-refractivity contribution is -0.143. The van der Waals surface area contributed by atoms with Crippen molar-refractivity contribution in [3.05, 3.63) is 58.7 Å². The maximum atomic E-state index is 12.9. The van der Waals surface area contributed by atoms with Crippen LogP contribution < -0.4 is 5.32 Å². The summed E-state index contributed by atoms with van der Waals surface area (Å²) in [6.45, 7) is 6.58. The van der Waals surface area contributed by atoms with Crippen molar-refractivity contribution in [3.63, 3.8) is 0 Å². The molecule has 0 aliphatic carbocycles. The van der Waals surface area contributed by atoms with E-state index >= 15 is 0 Å². The van der Waals surface area contributed by atoms with E-state index in [-0.39, 0.29) is 30.8 Å². The minimum atomic E-state index is -4.86. The Morgan fingerprint density at radius 2 is 1.56 bits per heavy atom. The van der Waals surface area contributed by atoms with E-state index in [0.29, 0.717) is 31.0 Å². The molecule has 0 aliphatic heterocycles. The first kappa shape index (κ1) is 29.7. The number of allylic oxidation sites excluding steroid dienone is 3. The number of alkyl halides is 6. The van der Waals surface area contributed by atoms with Gasteiger partial charge in [0, 0.05) is 19.2 Å². The summed E-state index contributed by atoms with van der Waals surface area (Å²) in [5.41, 5.74) is -1.70. The van der Waals surface area contributed by atoms with Gasteiger partial charge in [0.05, 0.1) is 17.7 Å². The molecule has 0 atom stereocenters. The Morgan fingerprint density at radius 3 is 2.12 bits per heavy atom. The lowest BCUT2D eigenvalue weighted by Crippen LogP contribution is -2.25. The Kier molecular flexibility index (Phi) is 12.4. The predicted molar refractivity (Wildman–Crippen MR) is 120 cm³/mol. The highest BCUT2D eigenvalue weighted by Gasteiger charge is 2.36. The summed E-state index contributed by atoms with van der Waals surface area (Å²) in [5, 5.41) is 2.79. The molecule has 0 aromatic heterocycles. The van der Waals surface area contributed by atoms with E-state index in [1.165, 1.54) is 6.08 Å². The summed E-state index contributed by atoms with van der Waals surface area (Å²) in [6, 6.07) is 1.48. The monoisotopic (exact) mass is 493 g/mol. The average molecular weight is 494 g/mol. The molecule has 1 amide bonds. The van der Waals surface area contributed by atoms with Gasteiger partial charge in [-0.1, -0.05) is 44.4 Å². The lowest BCUT2D eigenvalue weighted by atomic mass is 10.1. The van der Waals surface area contributed by atoms with Crippen molar-refractivity contribution in [2.75, 3.05) is 13.2 Å². The number of carbonyl (C=O) groups excluding carboxylic acids is 1. The zero-order valence-electron chi connectivity index (χ0n) is 19.8. The second kappa shape index (κ2) is 14.2. The number of unbranched alkanes of at least 4 members (excludes halogenated alkanes) is 3. The van der Waals surface area contributed by atoms with Gasteiger partial charge < -0.3 is 10.1 Å². The summed E-state index contributed by atoms with van der Waals surface area (Å²) in [4.78, 5) is 11.6. The van der Waals surface area contributed by atoms with Gasteiger partial charge in [-0.3, -0.25) is 4.79 Å². The van der Waals surface area contributed by atoms with Crippen molar-refractivity contribution in [2.45, 2.75) is 71.8 Å². The van der Waals surface area contributed by atoms with Gasteiger partial charge in [-0.15, -0.1) is 0 Å². The van der Waals surface area contributed by atoms with Crippen molar-refractivity contribution in [2.24, 2.45) is 5.92 Å². The highest BCUT2D eigenvalue weighted by atomic mass is 19.4. The second-order valence-corrected chi connectivity index (χ2v) is 8.64. The van der Waals surface area contributed by atoms with Crippen LogP contribution in [0.4, 0.5) is 26.3 Å². The van der Waals surface area contributed by atoms with E-state index in [2.05, 4.69) is 5.32 Å². The molecule has 0 radical (unpaired) electrons. The standard InChI is InChI=1S/C25H33F6NO2/c1-18(2)16-32-23(33)11-8-10-19(3)9-6-4-5-7-12-34-17-20-13-21(24(26,27)28)15-22(14-20)25(29,30)31/h8,10-11,13-15,18H,4-7,9,12,16-17H2,1-3H3,(H,32,33). The average Bonchev–Trinajstić information content (AvgIpc) is 2.72. The van der Waals surface area contributed by atoms with E-state index < -0.39 is 23.5 Å². The van der Waals surface area contributed by atoms with E-state index in [0.717, 1.165) is 31.3 Å². The quantitative estimate of drug-likeness (QED) is 0.134. The number of benzene rings is 1. The molecule has 1 N–H and O–H groups in total. The van der Waals surface area contributed by atoms with Crippen molar-refractivity contribution >= 4 is 5.91 Å². The number of halogens is 6. The predicted octanol–water partition coefficient (Wildman–Crippen LogP) is 7.47. The molecule has 1 aromatic rings. The van der Waals surface area contributed by atoms with Gasteiger partial charge in [0.2, 0.25) is 5.91 Å². The number of hydrogen-bond donors (Lipinski definition) is 1. The molecule has 0 fully saturated rings. The van der Waals surface area contributed by atoms with Crippen LogP contribution >= 0.6 is 0 Å². The molecule has 0 unspecified atom stereocenters. The molecule has 0 aliphatic rings. The Labute approximate surface area is 197 Å². The van der Waals surface area contributed by atoms with E-state index in [4.69, 9.17) is 4.74 Å². The van der Waals surface area contributed by atoms with Crippen LogP contribution in [0.15, 0.2) is 42.0 Å². The lowest BCUT2D eigenvalue weighted by Gasteiger charge is -2.14. The Hall–Kier alpha value is -2.29. The maximum Gasteiger partial charge on any atom is 0.416 e. The van der Waals surface area contributed by atoms with E-state index in [9.17, 15) is 31.1 Å². The third-order valence-electron chi connectivity index (χ3n) is 4.84. The Morgan fingerprint density at radius 1 is 0.971 bits per heavy atom. The minimum Gasteiger partial charge on any atom is -0.377 e.